The maximum Gasteiger partial charge on any atom is 0.191 e. The Morgan fingerprint density at radius 2 is 1.92 bits per heavy atom. The summed E-state index contributed by atoms with van der Waals surface area (Å²) in [4.78, 5) is 10.5. The lowest BCUT2D eigenvalue weighted by atomic mass is 10.1. The van der Waals surface area contributed by atoms with Gasteiger partial charge in [-0.3, -0.25) is 4.68 Å². The van der Waals surface area contributed by atoms with Crippen LogP contribution in [0.3, 0.4) is 0 Å². The Balaban J connectivity index is 2.13. The first-order valence-electron chi connectivity index (χ1n) is 8.98. The summed E-state index contributed by atoms with van der Waals surface area (Å²) < 4.78 is 1.99. The van der Waals surface area contributed by atoms with Gasteiger partial charge in [-0.05, 0) is 33.6 Å². The van der Waals surface area contributed by atoms with Crippen LogP contribution in [0.15, 0.2) is 4.99 Å². The Bertz CT molecular complexity index is 728. The zero-order chi connectivity index (χ0) is 18.4. The molecule has 2 aromatic heterocycles. The Morgan fingerprint density at radius 1 is 1.16 bits per heavy atom. The van der Waals surface area contributed by atoms with Crippen molar-refractivity contribution in [2.24, 2.45) is 12.0 Å². The summed E-state index contributed by atoms with van der Waals surface area (Å²) in [5.74, 6) is 0.834. The SMILES string of the molecule is CCNC(=NCc1c(CC)nn(C)c1CC)NCc1sc(C)nc1C. The first-order chi connectivity index (χ1) is 12.0. The minimum Gasteiger partial charge on any atom is -0.357 e. The van der Waals surface area contributed by atoms with Crippen LogP contribution in [0, 0.1) is 13.8 Å². The topological polar surface area (TPSA) is 67.1 Å². The van der Waals surface area contributed by atoms with Crippen LogP contribution in [0.2, 0.25) is 0 Å². The molecule has 0 aliphatic carbocycles. The number of hydrogen-bond donors (Lipinski definition) is 2. The Labute approximate surface area is 154 Å². The van der Waals surface area contributed by atoms with Crippen molar-refractivity contribution in [2.75, 3.05) is 6.54 Å². The highest BCUT2D eigenvalue weighted by Crippen LogP contribution is 2.17. The molecule has 2 N–H and O–H groups in total. The number of guanidine groups is 1. The van der Waals surface area contributed by atoms with Gasteiger partial charge in [0.25, 0.3) is 0 Å². The maximum absolute atomic E-state index is 4.79. The molecule has 0 saturated carbocycles. The zero-order valence-electron chi connectivity index (χ0n) is 16.2. The third-order valence-corrected chi connectivity index (χ3v) is 5.26. The molecule has 138 valence electrons. The van der Waals surface area contributed by atoms with Crippen molar-refractivity contribution < 1.29 is 0 Å². The number of hydrogen-bond acceptors (Lipinski definition) is 4. The molecule has 0 atom stereocenters. The number of thiazole rings is 1. The van der Waals surface area contributed by atoms with E-state index in [-0.39, 0.29) is 0 Å². The molecule has 7 heteroatoms. The van der Waals surface area contributed by atoms with Crippen LogP contribution < -0.4 is 10.6 Å². The van der Waals surface area contributed by atoms with Crippen molar-refractivity contribution in [3.05, 3.63) is 32.5 Å². The van der Waals surface area contributed by atoms with E-state index in [1.54, 1.807) is 11.3 Å². The lowest BCUT2D eigenvalue weighted by molar-refractivity contribution is 0.703. The van der Waals surface area contributed by atoms with Crippen LogP contribution in [0.5, 0.6) is 0 Å². The molecule has 0 amide bonds. The number of aryl methyl sites for hydroxylation is 4. The number of nitrogens with zero attached hydrogens (tertiary/aromatic N) is 4. The molecule has 0 fully saturated rings. The van der Waals surface area contributed by atoms with E-state index in [0.717, 1.165) is 48.3 Å². The van der Waals surface area contributed by atoms with E-state index in [0.29, 0.717) is 6.54 Å². The maximum atomic E-state index is 4.79. The molecule has 0 spiro atoms. The normalized spacial score (nSPS) is 11.8. The standard InChI is InChI=1S/C18H30N6S/c1-7-15-14(16(8-2)24(6)23-15)10-20-18(19-9-3)21-11-17-12(4)22-13(5)25-17/h7-11H2,1-6H3,(H2,19,20,21). The molecule has 0 aliphatic rings. The van der Waals surface area contributed by atoms with E-state index in [1.165, 1.54) is 16.1 Å². The molecule has 2 heterocycles. The average Bonchev–Trinajstić information content (AvgIpc) is 3.07. The highest BCUT2D eigenvalue weighted by Gasteiger charge is 2.13. The van der Waals surface area contributed by atoms with Crippen LogP contribution in [-0.2, 0) is 33.0 Å². The predicted octanol–water partition coefficient (Wildman–Crippen LogP) is 2.87. The van der Waals surface area contributed by atoms with Gasteiger partial charge in [0, 0.05) is 29.7 Å². The summed E-state index contributed by atoms with van der Waals surface area (Å²) in [6.07, 6.45) is 1.90. The van der Waals surface area contributed by atoms with Gasteiger partial charge in [0.15, 0.2) is 5.96 Å². The lowest BCUT2D eigenvalue weighted by Crippen LogP contribution is -2.36. The summed E-state index contributed by atoms with van der Waals surface area (Å²) >= 11 is 1.73. The van der Waals surface area contributed by atoms with Gasteiger partial charge in [-0.15, -0.1) is 11.3 Å². The van der Waals surface area contributed by atoms with Gasteiger partial charge in [-0.2, -0.15) is 5.10 Å². The minimum atomic E-state index is 0.649. The molecule has 0 saturated heterocycles. The van der Waals surface area contributed by atoms with E-state index in [1.807, 2.05) is 18.7 Å². The molecule has 2 aromatic rings. The van der Waals surface area contributed by atoms with Gasteiger partial charge in [-0.25, -0.2) is 9.98 Å². The Morgan fingerprint density at radius 3 is 2.48 bits per heavy atom. The van der Waals surface area contributed by atoms with Gasteiger partial charge >= 0.3 is 0 Å². The highest BCUT2D eigenvalue weighted by atomic mass is 32.1. The third kappa shape index (κ3) is 4.81. The van der Waals surface area contributed by atoms with Gasteiger partial charge in [0.05, 0.1) is 29.5 Å². The smallest absolute Gasteiger partial charge is 0.191 e. The lowest BCUT2D eigenvalue weighted by Gasteiger charge is -2.11. The summed E-state index contributed by atoms with van der Waals surface area (Å²) in [5.41, 5.74) is 4.77. The van der Waals surface area contributed by atoms with E-state index in [2.05, 4.69) is 48.4 Å². The summed E-state index contributed by atoms with van der Waals surface area (Å²) in [6.45, 7) is 12.7. The molecule has 6 nitrogen and oxygen atoms in total. The van der Waals surface area contributed by atoms with Crippen molar-refractivity contribution in [2.45, 2.75) is 60.5 Å². The highest BCUT2D eigenvalue weighted by molar-refractivity contribution is 7.11. The van der Waals surface area contributed by atoms with Crippen molar-refractivity contribution in [1.82, 2.24) is 25.4 Å². The first-order valence-corrected chi connectivity index (χ1v) is 9.80. The van der Waals surface area contributed by atoms with Crippen LogP contribution in [0.4, 0.5) is 0 Å². The Hall–Kier alpha value is -1.89. The molecule has 25 heavy (non-hydrogen) atoms. The van der Waals surface area contributed by atoms with Gasteiger partial charge in [-0.1, -0.05) is 13.8 Å². The summed E-state index contributed by atoms with van der Waals surface area (Å²) in [7, 11) is 2.02. The number of aliphatic imine (C=N–C) groups is 1. The first kappa shape index (κ1) is 19.4. The van der Waals surface area contributed by atoms with Gasteiger partial charge in [0.2, 0.25) is 0 Å². The van der Waals surface area contributed by atoms with Gasteiger partial charge < -0.3 is 10.6 Å². The quantitative estimate of drug-likeness (QED) is 0.587. The van der Waals surface area contributed by atoms with E-state index >= 15 is 0 Å². The van der Waals surface area contributed by atoms with Crippen molar-refractivity contribution in [3.8, 4) is 0 Å². The molecule has 0 radical (unpaired) electrons. The fourth-order valence-corrected chi connectivity index (χ4v) is 3.85. The predicted molar refractivity (Wildman–Crippen MR) is 105 cm³/mol. The molecule has 0 aromatic carbocycles. The average molecular weight is 363 g/mol. The molecule has 2 rings (SSSR count). The number of nitrogens with one attached hydrogen (secondary N) is 2. The fourth-order valence-electron chi connectivity index (χ4n) is 2.97. The van der Waals surface area contributed by atoms with Crippen LogP contribution in [0.25, 0.3) is 0 Å². The fraction of sp³-hybridized carbons (Fsp3) is 0.611. The van der Waals surface area contributed by atoms with Crippen LogP contribution in [0.1, 0.15) is 53.3 Å². The monoisotopic (exact) mass is 362 g/mol. The molecule has 0 bridgehead atoms. The molecule has 0 unspecified atom stereocenters. The van der Waals surface area contributed by atoms with Crippen molar-refractivity contribution in [1.29, 1.82) is 0 Å². The minimum absolute atomic E-state index is 0.649. The molecular weight excluding hydrogens is 332 g/mol. The largest absolute Gasteiger partial charge is 0.357 e. The molecular formula is C18H30N6S. The third-order valence-electron chi connectivity index (χ3n) is 4.18. The zero-order valence-corrected chi connectivity index (χ0v) is 17.0. The van der Waals surface area contributed by atoms with Crippen LogP contribution >= 0.6 is 11.3 Å². The number of rotatable bonds is 7. The Kier molecular flexibility index (Phi) is 6.99. The summed E-state index contributed by atoms with van der Waals surface area (Å²) in [6, 6.07) is 0. The van der Waals surface area contributed by atoms with Crippen molar-refractivity contribution in [3.63, 3.8) is 0 Å². The van der Waals surface area contributed by atoms with E-state index in [4.69, 9.17) is 4.99 Å². The summed E-state index contributed by atoms with van der Waals surface area (Å²) in [5, 5.41) is 12.5. The van der Waals surface area contributed by atoms with Crippen molar-refractivity contribution >= 4 is 17.3 Å². The number of aromatic nitrogens is 3. The second-order valence-electron chi connectivity index (χ2n) is 5.99. The van der Waals surface area contributed by atoms with Crippen LogP contribution in [-0.4, -0.2) is 27.3 Å². The van der Waals surface area contributed by atoms with E-state index < -0.39 is 0 Å². The molecule has 0 aliphatic heterocycles. The second kappa shape index (κ2) is 8.99. The van der Waals surface area contributed by atoms with Gasteiger partial charge in [0.1, 0.15) is 0 Å². The second-order valence-corrected chi connectivity index (χ2v) is 7.28. The van der Waals surface area contributed by atoms with E-state index in [9.17, 15) is 0 Å².